The van der Waals surface area contributed by atoms with Gasteiger partial charge in [0.25, 0.3) is 0 Å². The molecule has 0 aromatic heterocycles. The van der Waals surface area contributed by atoms with Crippen LogP contribution >= 0.6 is 0 Å². The lowest BCUT2D eigenvalue weighted by molar-refractivity contribution is -0.935. The Morgan fingerprint density at radius 1 is 0.250 bits per heavy atom. The first-order valence-corrected chi connectivity index (χ1v) is 26.6. The van der Waals surface area contributed by atoms with E-state index in [-0.39, 0.29) is 0 Å². The predicted octanol–water partition coefficient (Wildman–Crippen LogP) is 16.7. The number of quaternary nitrogens is 3. The number of benzene rings is 2. The van der Waals surface area contributed by atoms with Crippen LogP contribution in [0.3, 0.4) is 0 Å². The Kier molecular flexibility index (Phi) is 30.7. The van der Waals surface area contributed by atoms with Crippen LogP contribution < -0.4 is 0 Å². The molecule has 0 aliphatic rings. The second-order valence-electron chi connectivity index (χ2n) is 21.5. The molecule has 0 spiro atoms. The highest BCUT2D eigenvalue weighted by atomic mass is 15.3. The zero-order chi connectivity index (χ0) is 43.6. The van der Waals surface area contributed by atoms with Crippen LogP contribution in [-0.2, 0) is 26.2 Å². The fourth-order valence-electron chi connectivity index (χ4n) is 9.78. The fraction of sp³-hybridized carbons (Fsp3) is 0.789. The molecule has 0 saturated heterocycles. The summed E-state index contributed by atoms with van der Waals surface area (Å²) in [6, 6.07) is 19.6. The van der Waals surface area contributed by atoms with Crippen LogP contribution in [0.4, 0.5) is 0 Å². The molecule has 2 aromatic rings. The maximum Gasteiger partial charge on any atom is 0.104 e. The molecule has 0 fully saturated rings. The van der Waals surface area contributed by atoms with Crippen molar-refractivity contribution in [1.29, 1.82) is 0 Å². The van der Waals surface area contributed by atoms with Crippen LogP contribution in [0, 0.1) is 0 Å². The quantitative estimate of drug-likeness (QED) is 0.0462. The second kappa shape index (κ2) is 33.8. The maximum atomic E-state index is 2.54. The molecular weight excluding hydrogens is 727 g/mol. The van der Waals surface area contributed by atoms with Crippen molar-refractivity contribution < 1.29 is 13.4 Å². The third kappa shape index (κ3) is 28.8. The van der Waals surface area contributed by atoms with Gasteiger partial charge in [-0.3, -0.25) is 0 Å². The van der Waals surface area contributed by atoms with E-state index in [4.69, 9.17) is 0 Å². The number of rotatable bonds is 41. The molecule has 0 atom stereocenters. The number of unbranched alkanes of at least 4 members (excludes halogenated alkanes) is 27. The fourth-order valence-corrected chi connectivity index (χ4v) is 9.78. The van der Waals surface area contributed by atoms with Crippen LogP contribution in [0.15, 0.2) is 48.5 Å². The summed E-state index contributed by atoms with van der Waals surface area (Å²) in [7, 11) is 12.3. The van der Waals surface area contributed by atoms with E-state index in [1.54, 1.807) is 0 Å². The molecule has 0 amide bonds. The van der Waals surface area contributed by atoms with Gasteiger partial charge >= 0.3 is 0 Å². The van der Waals surface area contributed by atoms with Gasteiger partial charge < -0.3 is 13.4 Å². The third-order valence-electron chi connectivity index (χ3n) is 13.7. The highest BCUT2D eigenvalue weighted by Gasteiger charge is 2.24. The van der Waals surface area contributed by atoms with Gasteiger partial charge in [0, 0.05) is 22.3 Å². The molecule has 3 heteroatoms. The number of nitrogens with zero attached hydrogens (tertiary/aromatic N) is 3. The normalized spacial score (nSPS) is 12.5. The van der Waals surface area contributed by atoms with Crippen LogP contribution in [-0.4, -0.2) is 68.3 Å². The van der Waals surface area contributed by atoms with Crippen molar-refractivity contribution in [3.63, 3.8) is 0 Å². The van der Waals surface area contributed by atoms with Crippen molar-refractivity contribution in [3.05, 3.63) is 70.8 Å². The lowest BCUT2D eigenvalue weighted by Gasteiger charge is -2.35. The maximum absolute atomic E-state index is 2.54. The van der Waals surface area contributed by atoms with Gasteiger partial charge in [-0.2, -0.15) is 0 Å². The van der Waals surface area contributed by atoms with E-state index >= 15 is 0 Å². The Labute approximate surface area is 377 Å². The van der Waals surface area contributed by atoms with E-state index in [1.807, 2.05) is 0 Å². The SMILES string of the molecule is CCCCCCCCCCCC[N+](C)(C)Cc1ccc(C[N+](C)(CCCCCCCCCCCC)Cc2ccc(C[N+](C)(C)CCCCCCCCCCCC)cc2)cc1. The van der Waals surface area contributed by atoms with Crippen molar-refractivity contribution in [2.24, 2.45) is 0 Å². The number of hydrogen-bond acceptors (Lipinski definition) is 0. The first-order chi connectivity index (χ1) is 29.0. The molecular formula is C57H106N3+3. The van der Waals surface area contributed by atoms with E-state index in [2.05, 4.69) is 105 Å². The van der Waals surface area contributed by atoms with E-state index in [0.29, 0.717) is 0 Å². The van der Waals surface area contributed by atoms with Gasteiger partial charge in [0.2, 0.25) is 0 Å². The first kappa shape index (κ1) is 54.5. The summed E-state index contributed by atoms with van der Waals surface area (Å²) in [5, 5.41) is 0. The van der Waals surface area contributed by atoms with E-state index in [0.717, 1.165) is 39.6 Å². The lowest BCUT2D eigenvalue weighted by Crippen LogP contribution is -2.43. The van der Waals surface area contributed by atoms with E-state index in [1.165, 1.54) is 235 Å². The monoisotopic (exact) mass is 833 g/mol. The topological polar surface area (TPSA) is 0 Å². The molecule has 346 valence electrons. The molecule has 0 heterocycles. The summed E-state index contributed by atoms with van der Waals surface area (Å²) in [4.78, 5) is 0. The Balaban J connectivity index is 1.90. The highest BCUT2D eigenvalue weighted by molar-refractivity contribution is 5.23. The summed E-state index contributed by atoms with van der Waals surface area (Å²) in [5.74, 6) is 0. The smallest absolute Gasteiger partial charge is 0.104 e. The van der Waals surface area contributed by atoms with E-state index < -0.39 is 0 Å². The largest absolute Gasteiger partial charge is 0.325 e. The van der Waals surface area contributed by atoms with Crippen LogP contribution in [0.1, 0.15) is 236 Å². The average molecular weight is 833 g/mol. The number of hydrogen-bond donors (Lipinski definition) is 0. The summed E-state index contributed by atoms with van der Waals surface area (Å²) in [6.45, 7) is 15.2. The molecule has 0 bridgehead atoms. The minimum absolute atomic E-state index is 1.09. The summed E-state index contributed by atoms with van der Waals surface area (Å²) >= 11 is 0. The first-order valence-electron chi connectivity index (χ1n) is 26.6. The van der Waals surface area contributed by atoms with Crippen LogP contribution in [0.5, 0.6) is 0 Å². The molecule has 3 nitrogen and oxygen atoms in total. The van der Waals surface area contributed by atoms with Gasteiger partial charge in [0.1, 0.15) is 26.2 Å². The molecule has 0 aliphatic heterocycles. The Morgan fingerprint density at radius 3 is 0.700 bits per heavy atom. The summed E-state index contributed by atoms with van der Waals surface area (Å²) < 4.78 is 3.28. The Bertz CT molecular complexity index is 1160. The third-order valence-corrected chi connectivity index (χ3v) is 13.7. The average Bonchev–Trinajstić information content (AvgIpc) is 3.21. The van der Waals surface area contributed by atoms with Crippen molar-refractivity contribution >= 4 is 0 Å². The Hall–Kier alpha value is -1.68. The van der Waals surface area contributed by atoms with Crippen molar-refractivity contribution in [2.45, 2.75) is 240 Å². The van der Waals surface area contributed by atoms with Gasteiger partial charge in [-0.1, -0.05) is 223 Å². The van der Waals surface area contributed by atoms with Crippen LogP contribution in [0.25, 0.3) is 0 Å². The molecule has 0 radical (unpaired) electrons. The molecule has 2 rings (SSSR count). The van der Waals surface area contributed by atoms with E-state index in [9.17, 15) is 0 Å². The highest BCUT2D eigenvalue weighted by Crippen LogP contribution is 2.23. The minimum atomic E-state index is 1.09. The predicted molar refractivity (Wildman–Crippen MR) is 268 cm³/mol. The molecule has 0 N–H and O–H groups in total. The Morgan fingerprint density at radius 2 is 0.450 bits per heavy atom. The van der Waals surface area contributed by atoms with Crippen molar-refractivity contribution in [2.75, 3.05) is 54.9 Å². The van der Waals surface area contributed by atoms with Gasteiger partial charge in [-0.05, 0) is 38.5 Å². The standard InChI is InChI=1S/C57H106N3/c1-9-12-15-18-21-24-27-30-33-36-47-58(4,5)50-54-39-43-56(44-40-54)52-60(8,49-38-35-32-29-26-23-20-17-14-11-3)53-57-45-41-55(42-46-57)51-59(6,7)48-37-34-31-28-25-22-19-16-13-10-2/h39-46H,9-38,47-53H2,1-8H3/q+3. The van der Waals surface area contributed by atoms with Crippen LogP contribution in [0.2, 0.25) is 0 Å². The lowest BCUT2D eigenvalue weighted by atomic mass is 10.0. The summed E-state index contributed by atoms with van der Waals surface area (Å²) in [5.41, 5.74) is 5.97. The molecule has 0 unspecified atom stereocenters. The molecule has 60 heavy (non-hydrogen) atoms. The van der Waals surface area contributed by atoms with Gasteiger partial charge in [-0.25, -0.2) is 0 Å². The van der Waals surface area contributed by atoms with Gasteiger partial charge in [0.15, 0.2) is 0 Å². The van der Waals surface area contributed by atoms with Gasteiger partial charge in [0.05, 0.1) is 54.9 Å². The zero-order valence-corrected chi connectivity index (χ0v) is 42.1. The molecule has 0 saturated carbocycles. The summed E-state index contributed by atoms with van der Waals surface area (Å²) in [6.07, 6.45) is 42.3. The molecule has 2 aromatic carbocycles. The van der Waals surface area contributed by atoms with Crippen molar-refractivity contribution in [1.82, 2.24) is 0 Å². The van der Waals surface area contributed by atoms with Crippen molar-refractivity contribution in [3.8, 4) is 0 Å². The minimum Gasteiger partial charge on any atom is -0.325 e. The zero-order valence-electron chi connectivity index (χ0n) is 42.1. The second-order valence-corrected chi connectivity index (χ2v) is 21.5. The van der Waals surface area contributed by atoms with Gasteiger partial charge in [-0.15, -0.1) is 0 Å². The molecule has 0 aliphatic carbocycles.